The Hall–Kier alpha value is -2.98. The number of rotatable bonds is 23. The van der Waals surface area contributed by atoms with Gasteiger partial charge in [-0.1, -0.05) is 125 Å². The van der Waals surface area contributed by atoms with Crippen LogP contribution in [0.4, 0.5) is 0 Å². The van der Waals surface area contributed by atoms with E-state index in [1.54, 1.807) is 20.3 Å². The minimum atomic E-state index is -2.40. The first-order valence-electron chi connectivity index (χ1n) is 18.5. The van der Waals surface area contributed by atoms with Gasteiger partial charge in [-0.3, -0.25) is 4.67 Å². The number of hydrogen-bond donors (Lipinski definition) is 2. The number of nitrogens with zero attached hydrogens (tertiary/aromatic N) is 2. The molecule has 0 aliphatic rings. The lowest BCUT2D eigenvalue weighted by Crippen LogP contribution is -2.61. The zero-order valence-corrected chi connectivity index (χ0v) is 32.4. The minimum Gasteiger partial charge on any atom is -0.497 e. The number of aliphatic hydroxyl groups is 2. The molecule has 3 rings (SSSR count). The summed E-state index contributed by atoms with van der Waals surface area (Å²) in [5.41, 5.74) is -0.219. The van der Waals surface area contributed by atoms with Gasteiger partial charge in [0.15, 0.2) is 5.79 Å². The van der Waals surface area contributed by atoms with E-state index in [-0.39, 0.29) is 25.1 Å². The zero-order chi connectivity index (χ0) is 36.6. The van der Waals surface area contributed by atoms with Gasteiger partial charge in [0.2, 0.25) is 0 Å². The highest BCUT2D eigenvalue weighted by atomic mass is 31.2. The number of methoxy groups -OCH3 is 2. The lowest BCUT2D eigenvalue weighted by Gasteiger charge is -2.53. The average Bonchev–Trinajstić information content (AvgIpc) is 3.11. The Bertz CT molecular complexity index is 1380. The first-order chi connectivity index (χ1) is 24.1. The largest absolute Gasteiger partial charge is 0.497 e. The summed E-state index contributed by atoms with van der Waals surface area (Å²) in [6, 6.07) is 27.4. The molecule has 0 heterocycles. The van der Waals surface area contributed by atoms with Crippen LogP contribution in [0.1, 0.15) is 116 Å². The van der Waals surface area contributed by atoms with Crippen LogP contribution in [-0.4, -0.2) is 59.2 Å². The molecule has 0 aliphatic heterocycles. The molecule has 0 amide bonds. The van der Waals surface area contributed by atoms with Gasteiger partial charge in [-0.2, -0.15) is 5.26 Å². The van der Waals surface area contributed by atoms with E-state index in [0.717, 1.165) is 19.3 Å². The molecule has 2 N–H and O–H groups in total. The lowest BCUT2D eigenvalue weighted by molar-refractivity contribution is -0.197. The highest BCUT2D eigenvalue weighted by Gasteiger charge is 2.61. The smallest absolute Gasteiger partial charge is 0.191 e. The fraction of sp³-hybridized carbons (Fsp3) is 0.548. The molecule has 7 nitrogen and oxygen atoms in total. The van der Waals surface area contributed by atoms with Crippen molar-refractivity contribution in [2.24, 2.45) is 0 Å². The fourth-order valence-corrected chi connectivity index (χ4v) is 10.1. The topological polar surface area (TPSA) is 95.2 Å². The van der Waals surface area contributed by atoms with E-state index in [2.05, 4.69) is 45.4 Å². The van der Waals surface area contributed by atoms with Crippen molar-refractivity contribution in [3.63, 3.8) is 0 Å². The maximum absolute atomic E-state index is 13.5. The standard InChI is InChI=1S/C42H61N2O5P/c1-8-9-10-11-12-13-14-21-27-40(50(49-31-22-30-43)44(33(2)3)34(4)5)42(45,46)41(35-23-17-15-18-24-35,36-25-19-16-20-26-36)38-29-28-37(47-6)32-39(38)48-7/h15-20,23-26,28-29,32-34,40,45-46H,8-14,21-22,27,31H2,1-7H3. The number of ether oxygens (including phenoxy) is 2. The lowest BCUT2D eigenvalue weighted by atomic mass is 9.62. The molecule has 0 aliphatic carbocycles. The summed E-state index contributed by atoms with van der Waals surface area (Å²) < 4.78 is 20.7. The Morgan fingerprint density at radius 3 is 1.78 bits per heavy atom. The Morgan fingerprint density at radius 1 is 0.760 bits per heavy atom. The molecule has 50 heavy (non-hydrogen) atoms. The third-order valence-corrected chi connectivity index (χ3v) is 12.5. The highest BCUT2D eigenvalue weighted by Crippen LogP contribution is 2.61. The Balaban J connectivity index is 2.37. The van der Waals surface area contributed by atoms with E-state index in [1.807, 2.05) is 72.8 Å². The van der Waals surface area contributed by atoms with Crippen LogP contribution < -0.4 is 9.47 Å². The molecule has 0 radical (unpaired) electrons. The maximum Gasteiger partial charge on any atom is 0.191 e. The molecule has 0 saturated carbocycles. The van der Waals surface area contributed by atoms with Gasteiger partial charge in [0.25, 0.3) is 0 Å². The van der Waals surface area contributed by atoms with Crippen LogP contribution in [-0.2, 0) is 9.94 Å². The van der Waals surface area contributed by atoms with Crippen molar-refractivity contribution in [3.8, 4) is 17.6 Å². The van der Waals surface area contributed by atoms with Crippen LogP contribution >= 0.6 is 8.30 Å². The summed E-state index contributed by atoms with van der Waals surface area (Å²) in [5, 5.41) is 36.6. The molecule has 0 fully saturated rings. The fourth-order valence-electron chi connectivity index (χ4n) is 7.33. The molecule has 0 spiro atoms. The molecule has 274 valence electrons. The third kappa shape index (κ3) is 9.87. The molecule has 2 atom stereocenters. The first-order valence-corrected chi connectivity index (χ1v) is 19.7. The van der Waals surface area contributed by atoms with E-state index in [1.165, 1.54) is 32.1 Å². The molecule has 0 saturated heterocycles. The molecule has 0 bridgehead atoms. The van der Waals surface area contributed by atoms with Gasteiger partial charge in [0, 0.05) is 23.7 Å². The van der Waals surface area contributed by atoms with Crippen LogP contribution in [0, 0.1) is 11.3 Å². The van der Waals surface area contributed by atoms with Gasteiger partial charge in [-0.05, 0) is 51.3 Å². The van der Waals surface area contributed by atoms with Crippen LogP contribution in [0.3, 0.4) is 0 Å². The normalized spacial score (nSPS) is 13.4. The second-order valence-electron chi connectivity index (χ2n) is 13.7. The third-order valence-electron chi connectivity index (χ3n) is 9.56. The van der Waals surface area contributed by atoms with E-state index in [4.69, 9.17) is 14.0 Å². The summed E-state index contributed by atoms with van der Waals surface area (Å²) in [6.07, 6.45) is 9.77. The van der Waals surface area contributed by atoms with Gasteiger partial charge in [-0.15, -0.1) is 0 Å². The highest BCUT2D eigenvalue weighted by molar-refractivity contribution is 7.51. The Kier molecular flexibility index (Phi) is 17.2. The molecular formula is C42H61N2O5P. The Morgan fingerprint density at radius 2 is 1.30 bits per heavy atom. The monoisotopic (exact) mass is 704 g/mol. The van der Waals surface area contributed by atoms with Crippen molar-refractivity contribution in [2.75, 3.05) is 20.8 Å². The van der Waals surface area contributed by atoms with Crippen molar-refractivity contribution in [1.29, 1.82) is 5.26 Å². The first kappa shape index (κ1) is 41.4. The molecule has 2 unspecified atom stereocenters. The van der Waals surface area contributed by atoms with Crippen molar-refractivity contribution in [2.45, 2.75) is 128 Å². The molecule has 3 aromatic rings. The van der Waals surface area contributed by atoms with Crippen LogP contribution in [0.15, 0.2) is 78.9 Å². The molecule has 3 aromatic carbocycles. The number of unbranched alkanes of at least 4 members (excludes halogenated alkanes) is 7. The predicted octanol–water partition coefficient (Wildman–Crippen LogP) is 9.98. The van der Waals surface area contributed by atoms with E-state index < -0.39 is 25.2 Å². The summed E-state index contributed by atoms with van der Waals surface area (Å²) in [4.78, 5) is 0. The van der Waals surface area contributed by atoms with Gasteiger partial charge in [0.05, 0.1) is 39.0 Å². The second-order valence-corrected chi connectivity index (χ2v) is 15.6. The molecular weight excluding hydrogens is 643 g/mol. The molecule has 8 heteroatoms. The summed E-state index contributed by atoms with van der Waals surface area (Å²) in [5.74, 6) is -1.32. The summed E-state index contributed by atoms with van der Waals surface area (Å²) in [7, 11) is 1.57. The Labute approximate surface area is 303 Å². The van der Waals surface area contributed by atoms with Crippen LogP contribution in [0.25, 0.3) is 0 Å². The maximum atomic E-state index is 13.5. The van der Waals surface area contributed by atoms with Gasteiger partial charge in [-0.25, -0.2) is 0 Å². The van der Waals surface area contributed by atoms with E-state index in [0.29, 0.717) is 34.6 Å². The summed E-state index contributed by atoms with van der Waals surface area (Å²) in [6.45, 7) is 10.9. The summed E-state index contributed by atoms with van der Waals surface area (Å²) >= 11 is 0. The molecule has 0 aromatic heterocycles. The van der Waals surface area contributed by atoms with Crippen molar-refractivity contribution < 1.29 is 24.2 Å². The predicted molar refractivity (Wildman–Crippen MR) is 206 cm³/mol. The van der Waals surface area contributed by atoms with Crippen LogP contribution in [0.5, 0.6) is 11.5 Å². The quantitative estimate of drug-likeness (QED) is 0.0439. The van der Waals surface area contributed by atoms with Crippen LogP contribution in [0.2, 0.25) is 0 Å². The van der Waals surface area contributed by atoms with E-state index in [9.17, 15) is 15.5 Å². The van der Waals surface area contributed by atoms with Gasteiger partial charge < -0.3 is 24.2 Å². The average molecular weight is 705 g/mol. The number of hydrogen-bond acceptors (Lipinski definition) is 7. The zero-order valence-electron chi connectivity index (χ0n) is 31.5. The van der Waals surface area contributed by atoms with Crippen molar-refractivity contribution in [1.82, 2.24) is 4.67 Å². The SMILES string of the molecule is CCCCCCCCCCC(P(OCCC#N)N(C(C)C)C(C)C)C(O)(O)C(c1ccccc1)(c1ccccc1)c1ccc(OC)cc1OC. The number of benzene rings is 3. The van der Waals surface area contributed by atoms with Crippen molar-refractivity contribution >= 4 is 8.30 Å². The minimum absolute atomic E-state index is 0.0541. The van der Waals surface area contributed by atoms with Gasteiger partial charge in [0.1, 0.15) is 25.2 Å². The van der Waals surface area contributed by atoms with Gasteiger partial charge >= 0.3 is 0 Å². The second kappa shape index (κ2) is 20.8. The van der Waals surface area contributed by atoms with Crippen molar-refractivity contribution in [3.05, 3.63) is 95.6 Å². The number of nitriles is 1. The van der Waals surface area contributed by atoms with E-state index >= 15 is 0 Å².